The molecule has 0 spiro atoms. The summed E-state index contributed by atoms with van der Waals surface area (Å²) in [4.78, 5) is 28.4. The highest BCUT2D eigenvalue weighted by Gasteiger charge is 2.22. The summed E-state index contributed by atoms with van der Waals surface area (Å²) in [5, 5.41) is 3.83. The Kier molecular flexibility index (Phi) is 5.66. The molecule has 0 aromatic carbocycles. The van der Waals surface area contributed by atoms with Crippen molar-refractivity contribution in [3.05, 3.63) is 23.1 Å². The first-order chi connectivity index (χ1) is 12.5. The van der Waals surface area contributed by atoms with Crippen LogP contribution in [0.4, 0.5) is 5.82 Å². The number of pyridine rings is 1. The van der Waals surface area contributed by atoms with Crippen LogP contribution in [0.5, 0.6) is 0 Å². The number of carbonyl (C=O) groups is 1. The molecule has 1 aliphatic heterocycles. The third-order valence-corrected chi connectivity index (χ3v) is 4.49. The number of anilines is 1. The van der Waals surface area contributed by atoms with E-state index in [1.54, 1.807) is 0 Å². The number of fused-ring (bicyclic) bond motifs is 1. The number of morpholine rings is 1. The van der Waals surface area contributed by atoms with E-state index in [-0.39, 0.29) is 11.7 Å². The van der Waals surface area contributed by atoms with Crippen LogP contribution in [0.25, 0.3) is 11.0 Å². The van der Waals surface area contributed by atoms with Gasteiger partial charge in [-0.15, -0.1) is 0 Å². The van der Waals surface area contributed by atoms with Crippen molar-refractivity contribution in [1.82, 2.24) is 20.3 Å². The number of nitrogens with zero attached hydrogens (tertiary/aromatic N) is 4. The minimum atomic E-state index is -0.247. The fourth-order valence-corrected chi connectivity index (χ4v) is 3.11. The molecule has 0 bridgehead atoms. The fraction of sp³-hybridized carbons (Fsp3) is 0.579. The Hall–Kier alpha value is -2.28. The van der Waals surface area contributed by atoms with Gasteiger partial charge >= 0.3 is 0 Å². The highest BCUT2D eigenvalue weighted by molar-refractivity contribution is 5.96. The molecule has 0 unspecified atom stereocenters. The van der Waals surface area contributed by atoms with Gasteiger partial charge in [0.25, 0.3) is 5.91 Å². The Morgan fingerprint density at radius 3 is 2.65 bits per heavy atom. The van der Waals surface area contributed by atoms with Crippen molar-refractivity contribution in [2.45, 2.75) is 34.1 Å². The molecular formula is C19H27N5O2. The van der Waals surface area contributed by atoms with Crippen LogP contribution in [0.15, 0.2) is 6.07 Å². The largest absolute Gasteiger partial charge is 0.378 e. The minimum Gasteiger partial charge on any atom is -0.378 e. The number of nitrogens with one attached hydrogen (secondary N) is 1. The lowest BCUT2D eigenvalue weighted by Gasteiger charge is -2.29. The van der Waals surface area contributed by atoms with Crippen molar-refractivity contribution in [2.24, 2.45) is 5.92 Å². The zero-order chi connectivity index (χ0) is 18.7. The van der Waals surface area contributed by atoms with Crippen molar-refractivity contribution >= 4 is 22.8 Å². The number of aryl methyl sites for hydroxylation is 2. The number of carbonyl (C=O) groups excluding carboxylic acids is 1. The van der Waals surface area contributed by atoms with Crippen LogP contribution in [-0.4, -0.2) is 53.7 Å². The molecule has 140 valence electrons. The second-order valence-electron chi connectivity index (χ2n) is 7.19. The molecule has 1 saturated heterocycles. The van der Waals surface area contributed by atoms with E-state index in [1.165, 1.54) is 0 Å². The third-order valence-electron chi connectivity index (χ3n) is 4.49. The number of hydrogen-bond acceptors (Lipinski definition) is 6. The van der Waals surface area contributed by atoms with E-state index in [0.717, 1.165) is 42.0 Å². The smallest absolute Gasteiger partial charge is 0.289 e. The third kappa shape index (κ3) is 4.09. The second-order valence-corrected chi connectivity index (χ2v) is 7.19. The maximum Gasteiger partial charge on any atom is 0.289 e. The molecule has 7 nitrogen and oxygen atoms in total. The summed E-state index contributed by atoms with van der Waals surface area (Å²) in [6.45, 7) is 11.6. The van der Waals surface area contributed by atoms with Crippen molar-refractivity contribution in [1.29, 1.82) is 0 Å². The average Bonchev–Trinajstić information content (AvgIpc) is 2.60. The zero-order valence-electron chi connectivity index (χ0n) is 16.0. The van der Waals surface area contributed by atoms with E-state index in [4.69, 9.17) is 4.74 Å². The molecule has 3 heterocycles. The molecule has 1 fully saturated rings. The molecule has 0 saturated carbocycles. The maximum atomic E-state index is 12.6. The van der Waals surface area contributed by atoms with Crippen LogP contribution >= 0.6 is 0 Å². The molecule has 7 heteroatoms. The maximum absolute atomic E-state index is 12.6. The van der Waals surface area contributed by atoms with Crippen LogP contribution in [0.3, 0.4) is 0 Å². The summed E-state index contributed by atoms with van der Waals surface area (Å²) in [6, 6.07) is 2.03. The molecule has 0 atom stereocenters. The van der Waals surface area contributed by atoms with E-state index in [1.807, 2.05) is 19.9 Å². The number of hydrogen-bond donors (Lipinski definition) is 1. The van der Waals surface area contributed by atoms with E-state index in [2.05, 4.69) is 39.0 Å². The first kappa shape index (κ1) is 18.5. The van der Waals surface area contributed by atoms with E-state index in [0.29, 0.717) is 31.3 Å². The monoisotopic (exact) mass is 357 g/mol. The normalized spacial score (nSPS) is 14.9. The van der Waals surface area contributed by atoms with Gasteiger partial charge in [0.2, 0.25) is 5.82 Å². The molecular weight excluding hydrogens is 330 g/mol. The van der Waals surface area contributed by atoms with Crippen LogP contribution < -0.4 is 10.2 Å². The average molecular weight is 357 g/mol. The standard InChI is InChI=1S/C19H27N5O2/c1-12(2)5-6-20-19(25)17-22-16-15(13(3)11-14(4)21-16)18(23-17)24-7-9-26-10-8-24/h11-12H,5-10H2,1-4H3,(H,20,25). The molecule has 26 heavy (non-hydrogen) atoms. The van der Waals surface area contributed by atoms with Gasteiger partial charge < -0.3 is 15.0 Å². The van der Waals surface area contributed by atoms with Gasteiger partial charge in [0.1, 0.15) is 5.82 Å². The Balaban J connectivity index is 2.00. The van der Waals surface area contributed by atoms with Gasteiger partial charge in [-0.05, 0) is 37.8 Å². The Morgan fingerprint density at radius 2 is 1.96 bits per heavy atom. The summed E-state index contributed by atoms with van der Waals surface area (Å²) in [5.74, 6) is 1.24. The van der Waals surface area contributed by atoms with Crippen LogP contribution in [0.2, 0.25) is 0 Å². The summed E-state index contributed by atoms with van der Waals surface area (Å²) >= 11 is 0. The van der Waals surface area contributed by atoms with Crippen LogP contribution in [0.1, 0.15) is 42.1 Å². The Bertz CT molecular complexity index is 800. The molecule has 1 amide bonds. The van der Waals surface area contributed by atoms with Gasteiger partial charge in [-0.25, -0.2) is 15.0 Å². The van der Waals surface area contributed by atoms with Crippen molar-refractivity contribution in [3.63, 3.8) is 0 Å². The van der Waals surface area contributed by atoms with Crippen molar-refractivity contribution < 1.29 is 9.53 Å². The van der Waals surface area contributed by atoms with Crippen molar-refractivity contribution in [3.8, 4) is 0 Å². The molecule has 0 aliphatic carbocycles. The summed E-state index contributed by atoms with van der Waals surface area (Å²) in [5.41, 5.74) is 2.53. The second kappa shape index (κ2) is 7.95. The predicted octanol–water partition coefficient (Wildman–Crippen LogP) is 2.25. The summed E-state index contributed by atoms with van der Waals surface area (Å²) in [7, 11) is 0. The molecule has 2 aromatic rings. The van der Waals surface area contributed by atoms with Gasteiger partial charge in [-0.2, -0.15) is 0 Å². The molecule has 2 aromatic heterocycles. The van der Waals surface area contributed by atoms with E-state index < -0.39 is 0 Å². The first-order valence-corrected chi connectivity index (χ1v) is 9.22. The van der Waals surface area contributed by atoms with Gasteiger partial charge in [-0.3, -0.25) is 4.79 Å². The highest BCUT2D eigenvalue weighted by atomic mass is 16.5. The Morgan fingerprint density at radius 1 is 1.23 bits per heavy atom. The predicted molar refractivity (Wildman–Crippen MR) is 102 cm³/mol. The van der Waals surface area contributed by atoms with E-state index in [9.17, 15) is 4.79 Å². The van der Waals surface area contributed by atoms with Crippen LogP contribution in [0, 0.1) is 19.8 Å². The summed E-state index contributed by atoms with van der Waals surface area (Å²) < 4.78 is 5.46. The molecule has 0 radical (unpaired) electrons. The number of aromatic nitrogens is 3. The lowest BCUT2D eigenvalue weighted by molar-refractivity contribution is 0.0942. The minimum absolute atomic E-state index is 0.181. The molecule has 1 aliphatic rings. The summed E-state index contributed by atoms with van der Waals surface area (Å²) in [6.07, 6.45) is 0.923. The van der Waals surface area contributed by atoms with Gasteiger partial charge in [0.15, 0.2) is 5.65 Å². The number of rotatable bonds is 5. The Labute approximate surface area is 154 Å². The lowest BCUT2D eigenvalue weighted by Crippen LogP contribution is -2.37. The number of amides is 1. The first-order valence-electron chi connectivity index (χ1n) is 9.22. The van der Waals surface area contributed by atoms with Crippen LogP contribution in [-0.2, 0) is 4.74 Å². The van der Waals surface area contributed by atoms with E-state index >= 15 is 0 Å². The SMILES string of the molecule is Cc1cc(C)c2c(N3CCOCC3)nc(C(=O)NCCC(C)C)nc2n1. The lowest BCUT2D eigenvalue weighted by atomic mass is 10.1. The quantitative estimate of drug-likeness (QED) is 0.884. The zero-order valence-corrected chi connectivity index (χ0v) is 16.0. The van der Waals surface area contributed by atoms with Gasteiger partial charge in [0, 0.05) is 25.3 Å². The molecule has 1 N–H and O–H groups in total. The number of ether oxygens (including phenoxy) is 1. The van der Waals surface area contributed by atoms with Gasteiger partial charge in [-0.1, -0.05) is 13.8 Å². The molecule has 3 rings (SSSR count). The fourth-order valence-electron chi connectivity index (χ4n) is 3.11. The highest BCUT2D eigenvalue weighted by Crippen LogP contribution is 2.27. The van der Waals surface area contributed by atoms with Crippen molar-refractivity contribution in [2.75, 3.05) is 37.7 Å². The van der Waals surface area contributed by atoms with Gasteiger partial charge in [0.05, 0.1) is 18.6 Å². The topological polar surface area (TPSA) is 80.2 Å².